The summed E-state index contributed by atoms with van der Waals surface area (Å²) in [6.45, 7) is 8.65. The molecule has 0 aliphatic rings. The van der Waals surface area contributed by atoms with Gasteiger partial charge in [-0.2, -0.15) is 0 Å². The Kier molecular flexibility index (Phi) is 6.07. The lowest BCUT2D eigenvalue weighted by Crippen LogP contribution is -2.03. The van der Waals surface area contributed by atoms with Crippen LogP contribution < -0.4 is 0 Å². The SMILES string of the molecule is CCOP(=O)(CCc1cc(C)ccc1C)OCC. The van der Waals surface area contributed by atoms with Gasteiger partial charge in [-0.25, -0.2) is 0 Å². The molecule has 0 atom stereocenters. The number of benzene rings is 1. The summed E-state index contributed by atoms with van der Waals surface area (Å²) in [7, 11) is -2.92. The van der Waals surface area contributed by atoms with E-state index in [1.165, 1.54) is 16.7 Å². The first-order valence-electron chi connectivity index (χ1n) is 6.45. The molecule has 1 rings (SSSR count). The highest BCUT2D eigenvalue weighted by molar-refractivity contribution is 7.53. The average molecular weight is 270 g/mol. The molecule has 0 amide bonds. The van der Waals surface area contributed by atoms with Crippen molar-refractivity contribution in [2.24, 2.45) is 0 Å². The average Bonchev–Trinajstić information content (AvgIpc) is 2.31. The molecule has 0 fully saturated rings. The van der Waals surface area contributed by atoms with Crippen molar-refractivity contribution < 1.29 is 13.6 Å². The summed E-state index contributed by atoms with van der Waals surface area (Å²) in [4.78, 5) is 0. The summed E-state index contributed by atoms with van der Waals surface area (Å²) in [5.74, 6) is 0. The van der Waals surface area contributed by atoms with Gasteiger partial charge in [-0.05, 0) is 45.2 Å². The van der Waals surface area contributed by atoms with E-state index in [4.69, 9.17) is 9.05 Å². The molecular weight excluding hydrogens is 247 g/mol. The van der Waals surface area contributed by atoms with Gasteiger partial charge in [-0.1, -0.05) is 23.8 Å². The minimum absolute atomic E-state index is 0.421. The van der Waals surface area contributed by atoms with E-state index in [9.17, 15) is 4.57 Å². The molecule has 0 aliphatic heterocycles. The Bertz CT molecular complexity index is 419. The topological polar surface area (TPSA) is 35.5 Å². The van der Waals surface area contributed by atoms with Crippen molar-refractivity contribution in [3.05, 3.63) is 34.9 Å². The summed E-state index contributed by atoms with van der Waals surface area (Å²) < 4.78 is 22.9. The van der Waals surface area contributed by atoms with Crippen LogP contribution in [-0.2, 0) is 20.0 Å². The zero-order valence-corrected chi connectivity index (χ0v) is 12.6. The van der Waals surface area contributed by atoms with Crippen LogP contribution in [0, 0.1) is 13.8 Å². The highest BCUT2D eigenvalue weighted by Crippen LogP contribution is 2.48. The van der Waals surface area contributed by atoms with Gasteiger partial charge in [0.15, 0.2) is 0 Å². The van der Waals surface area contributed by atoms with Crippen LogP contribution in [0.15, 0.2) is 18.2 Å². The first-order valence-corrected chi connectivity index (χ1v) is 8.18. The number of aryl methyl sites for hydroxylation is 3. The quantitative estimate of drug-likeness (QED) is 0.699. The summed E-state index contributed by atoms with van der Waals surface area (Å²) in [6, 6.07) is 6.32. The Hall–Kier alpha value is -0.630. The number of hydrogen-bond acceptors (Lipinski definition) is 3. The van der Waals surface area contributed by atoms with E-state index < -0.39 is 7.60 Å². The standard InChI is InChI=1S/C14H23O3P/c1-5-16-18(15,17-6-2)10-9-14-11-12(3)7-8-13(14)4/h7-8,11H,5-6,9-10H2,1-4H3. The Balaban J connectivity index is 2.72. The van der Waals surface area contributed by atoms with Crippen LogP contribution in [0.2, 0.25) is 0 Å². The summed E-state index contributed by atoms with van der Waals surface area (Å²) in [5, 5.41) is 0. The molecule has 102 valence electrons. The van der Waals surface area contributed by atoms with Crippen LogP contribution in [0.3, 0.4) is 0 Å². The zero-order valence-electron chi connectivity index (χ0n) is 11.7. The maximum Gasteiger partial charge on any atom is 0.330 e. The monoisotopic (exact) mass is 270 g/mol. The fraction of sp³-hybridized carbons (Fsp3) is 0.571. The second kappa shape index (κ2) is 7.08. The third kappa shape index (κ3) is 4.56. The maximum atomic E-state index is 12.3. The lowest BCUT2D eigenvalue weighted by atomic mass is 10.0. The number of hydrogen-bond donors (Lipinski definition) is 0. The minimum Gasteiger partial charge on any atom is -0.309 e. The van der Waals surface area contributed by atoms with E-state index in [-0.39, 0.29) is 0 Å². The Morgan fingerprint density at radius 1 is 1.11 bits per heavy atom. The molecule has 0 bridgehead atoms. The molecule has 0 unspecified atom stereocenters. The first kappa shape index (κ1) is 15.4. The second-order valence-corrected chi connectivity index (χ2v) is 6.54. The third-order valence-corrected chi connectivity index (χ3v) is 4.89. The van der Waals surface area contributed by atoms with Crippen molar-refractivity contribution in [1.82, 2.24) is 0 Å². The molecule has 0 spiro atoms. The van der Waals surface area contributed by atoms with Crippen LogP contribution in [-0.4, -0.2) is 19.4 Å². The van der Waals surface area contributed by atoms with Crippen molar-refractivity contribution in [1.29, 1.82) is 0 Å². The van der Waals surface area contributed by atoms with Gasteiger partial charge in [0.2, 0.25) is 0 Å². The van der Waals surface area contributed by atoms with Crippen molar-refractivity contribution in [2.45, 2.75) is 34.1 Å². The van der Waals surface area contributed by atoms with Crippen molar-refractivity contribution >= 4 is 7.60 Å². The van der Waals surface area contributed by atoms with E-state index >= 15 is 0 Å². The normalized spacial score (nSPS) is 11.8. The molecule has 0 heterocycles. The van der Waals surface area contributed by atoms with Crippen molar-refractivity contribution in [3.8, 4) is 0 Å². The molecule has 1 aromatic rings. The highest BCUT2D eigenvalue weighted by atomic mass is 31.2. The van der Waals surface area contributed by atoms with E-state index in [1.54, 1.807) is 0 Å². The van der Waals surface area contributed by atoms with E-state index in [2.05, 4.69) is 32.0 Å². The predicted molar refractivity (Wildman–Crippen MR) is 75.3 cm³/mol. The number of rotatable bonds is 7. The fourth-order valence-corrected chi connectivity index (χ4v) is 3.52. The Labute approximate surface area is 110 Å². The molecule has 0 N–H and O–H groups in total. The fourth-order valence-electron chi connectivity index (χ4n) is 1.89. The smallest absolute Gasteiger partial charge is 0.309 e. The van der Waals surface area contributed by atoms with Gasteiger partial charge >= 0.3 is 7.60 Å². The van der Waals surface area contributed by atoms with Crippen molar-refractivity contribution in [2.75, 3.05) is 19.4 Å². The Morgan fingerprint density at radius 2 is 1.72 bits per heavy atom. The molecule has 0 aliphatic carbocycles. The van der Waals surface area contributed by atoms with Crippen LogP contribution in [0.25, 0.3) is 0 Å². The van der Waals surface area contributed by atoms with Crippen LogP contribution >= 0.6 is 7.60 Å². The highest BCUT2D eigenvalue weighted by Gasteiger charge is 2.23. The maximum absolute atomic E-state index is 12.3. The van der Waals surface area contributed by atoms with E-state index in [0.717, 1.165) is 6.42 Å². The third-order valence-electron chi connectivity index (χ3n) is 2.81. The van der Waals surface area contributed by atoms with Gasteiger partial charge in [-0.15, -0.1) is 0 Å². The zero-order chi connectivity index (χ0) is 13.6. The van der Waals surface area contributed by atoms with Gasteiger partial charge < -0.3 is 9.05 Å². The first-order chi connectivity index (χ1) is 8.50. The molecule has 0 radical (unpaired) electrons. The lowest BCUT2D eigenvalue weighted by molar-refractivity contribution is 0.220. The van der Waals surface area contributed by atoms with Gasteiger partial charge in [-0.3, -0.25) is 4.57 Å². The summed E-state index contributed by atoms with van der Waals surface area (Å²) >= 11 is 0. The molecule has 1 aromatic carbocycles. The van der Waals surface area contributed by atoms with Gasteiger partial charge in [0, 0.05) is 0 Å². The molecule has 18 heavy (non-hydrogen) atoms. The Morgan fingerprint density at radius 3 is 2.28 bits per heavy atom. The lowest BCUT2D eigenvalue weighted by Gasteiger charge is -2.17. The van der Waals surface area contributed by atoms with E-state index in [1.807, 2.05) is 13.8 Å². The summed E-state index contributed by atoms with van der Waals surface area (Å²) in [5.41, 5.74) is 3.66. The van der Waals surface area contributed by atoms with Crippen LogP contribution in [0.1, 0.15) is 30.5 Å². The van der Waals surface area contributed by atoms with Gasteiger partial charge in [0.1, 0.15) is 0 Å². The molecule has 0 saturated heterocycles. The van der Waals surface area contributed by atoms with Gasteiger partial charge in [0.05, 0.1) is 19.4 Å². The summed E-state index contributed by atoms with van der Waals surface area (Å²) in [6.07, 6.45) is 1.17. The van der Waals surface area contributed by atoms with Crippen LogP contribution in [0.4, 0.5) is 0 Å². The molecule has 0 aromatic heterocycles. The minimum atomic E-state index is -2.92. The molecule has 4 heteroatoms. The van der Waals surface area contributed by atoms with Gasteiger partial charge in [0.25, 0.3) is 0 Å². The molecule has 0 saturated carbocycles. The molecule has 3 nitrogen and oxygen atoms in total. The predicted octanol–water partition coefficient (Wildman–Crippen LogP) is 4.11. The van der Waals surface area contributed by atoms with Crippen molar-refractivity contribution in [3.63, 3.8) is 0 Å². The van der Waals surface area contributed by atoms with Crippen LogP contribution in [0.5, 0.6) is 0 Å². The van der Waals surface area contributed by atoms with E-state index in [0.29, 0.717) is 19.4 Å². The molecular formula is C14H23O3P. The largest absolute Gasteiger partial charge is 0.330 e. The second-order valence-electron chi connectivity index (χ2n) is 4.35.